The molecule has 210 valence electrons. The molecule has 0 saturated carbocycles. The number of nitrogens with zero attached hydrogens (tertiary/aromatic N) is 1. The number of imide groups is 1. The summed E-state index contributed by atoms with van der Waals surface area (Å²) >= 11 is 9.50. The third-order valence-corrected chi connectivity index (χ3v) is 9.72. The average molecular weight is 636 g/mol. The maximum Gasteiger partial charge on any atom is 0.330 e. The second-order valence-corrected chi connectivity index (χ2v) is 12.5. The quantitative estimate of drug-likeness (QED) is 0.273. The summed E-state index contributed by atoms with van der Waals surface area (Å²) in [7, 11) is 0. The van der Waals surface area contributed by atoms with E-state index in [9.17, 15) is 19.2 Å². The lowest BCUT2D eigenvalue weighted by atomic mass is 9.55. The van der Waals surface area contributed by atoms with Crippen LogP contribution >= 0.6 is 27.5 Å². The van der Waals surface area contributed by atoms with Crippen LogP contribution in [0.5, 0.6) is 0 Å². The lowest BCUT2D eigenvalue weighted by molar-refractivity contribution is -0.162. The number of halogens is 2. The Morgan fingerprint density at radius 1 is 0.927 bits per heavy atom. The minimum absolute atomic E-state index is 0.269. The molecule has 7 nitrogen and oxygen atoms in total. The molecule has 0 aromatic heterocycles. The highest BCUT2D eigenvalue weighted by Crippen LogP contribution is 2.61. The summed E-state index contributed by atoms with van der Waals surface area (Å²) in [6.07, 6.45) is 0. The zero-order valence-corrected chi connectivity index (χ0v) is 25.0. The average Bonchev–Trinajstić information content (AvgIpc) is 3.20. The van der Waals surface area contributed by atoms with Crippen molar-refractivity contribution in [3.63, 3.8) is 0 Å². The van der Waals surface area contributed by atoms with Crippen LogP contribution < -0.4 is 5.32 Å². The van der Waals surface area contributed by atoms with E-state index in [1.807, 2.05) is 55.5 Å². The number of aryl methyl sites for hydroxylation is 1. The Labute approximate surface area is 251 Å². The molecule has 3 atom stereocenters. The first kappa shape index (κ1) is 27.7. The fourth-order valence-corrected chi connectivity index (χ4v) is 7.46. The van der Waals surface area contributed by atoms with Crippen molar-refractivity contribution in [1.29, 1.82) is 0 Å². The van der Waals surface area contributed by atoms with Crippen LogP contribution in [0, 0.1) is 24.7 Å². The molecular formula is C32H28BrClN2O5. The van der Waals surface area contributed by atoms with Crippen molar-refractivity contribution in [3.05, 3.63) is 98.0 Å². The van der Waals surface area contributed by atoms with Gasteiger partial charge in [-0.3, -0.25) is 19.3 Å². The fourth-order valence-electron chi connectivity index (χ4n) is 6.84. The molecule has 0 spiro atoms. The zero-order valence-electron chi connectivity index (χ0n) is 22.7. The number of hydrogen-bond acceptors (Lipinski definition) is 5. The molecule has 3 aromatic rings. The van der Waals surface area contributed by atoms with E-state index in [2.05, 4.69) is 21.2 Å². The SMILES string of the molecule is Cc1cc(Br)c(Cl)cc1NC(=O)COC(=O)[C@H](C(C)C)N1C(=O)[C@@H]2C3c4ccccc4C(c4ccccc43)[C@@H]2C1=O. The standard InChI is InChI=1S/C32H28BrClN2O5/c1-15(2)29(32(40)41-14-24(37)35-23-13-22(34)21(33)12-16(23)3)36-30(38)27-25-17-8-4-5-9-18(17)26(28(27)31(36)39)20-11-7-6-10-19(20)25/h4-13,15,25-29H,14H2,1-3H3,(H,35,37)/t25?,26?,27-,28+,29-/m0/s1. The highest BCUT2D eigenvalue weighted by atomic mass is 79.9. The van der Waals surface area contributed by atoms with Gasteiger partial charge in [0.05, 0.1) is 16.9 Å². The number of esters is 1. The van der Waals surface area contributed by atoms with Gasteiger partial charge in [-0.25, -0.2) is 4.79 Å². The van der Waals surface area contributed by atoms with Gasteiger partial charge in [0.25, 0.3) is 5.91 Å². The Kier molecular flexibility index (Phi) is 7.02. The van der Waals surface area contributed by atoms with Gasteiger partial charge in [-0.2, -0.15) is 0 Å². The number of rotatable bonds is 6. The molecule has 1 aliphatic heterocycles. The summed E-state index contributed by atoms with van der Waals surface area (Å²) in [5.74, 6) is -4.22. The molecule has 2 bridgehead atoms. The van der Waals surface area contributed by atoms with E-state index in [0.717, 1.165) is 32.7 Å². The fraction of sp³-hybridized carbons (Fsp3) is 0.312. The summed E-state index contributed by atoms with van der Waals surface area (Å²) in [5, 5.41) is 3.13. The third-order valence-electron chi connectivity index (χ3n) is 8.52. The van der Waals surface area contributed by atoms with Crippen LogP contribution in [-0.2, 0) is 23.9 Å². The molecule has 0 unspecified atom stereocenters. The highest BCUT2D eigenvalue weighted by Gasteiger charge is 2.63. The van der Waals surface area contributed by atoms with E-state index < -0.39 is 42.3 Å². The maximum atomic E-state index is 14.1. The van der Waals surface area contributed by atoms with Crippen molar-refractivity contribution < 1.29 is 23.9 Å². The largest absolute Gasteiger partial charge is 0.454 e. The molecular weight excluding hydrogens is 608 g/mol. The number of carbonyl (C=O) groups is 4. The first-order valence-corrected chi connectivity index (χ1v) is 14.7. The molecule has 1 heterocycles. The Bertz CT molecular complexity index is 1510. The number of benzene rings is 3. The first-order chi connectivity index (χ1) is 19.6. The monoisotopic (exact) mass is 634 g/mol. The van der Waals surface area contributed by atoms with E-state index in [1.54, 1.807) is 26.0 Å². The predicted molar refractivity (Wildman–Crippen MR) is 158 cm³/mol. The van der Waals surface area contributed by atoms with Crippen molar-refractivity contribution >= 4 is 56.9 Å². The van der Waals surface area contributed by atoms with Gasteiger partial charge in [-0.05, 0) is 68.7 Å². The second-order valence-electron chi connectivity index (χ2n) is 11.2. The van der Waals surface area contributed by atoms with E-state index in [0.29, 0.717) is 15.2 Å². The molecule has 1 N–H and O–H groups in total. The van der Waals surface area contributed by atoms with Gasteiger partial charge in [0, 0.05) is 22.0 Å². The van der Waals surface area contributed by atoms with Gasteiger partial charge in [-0.15, -0.1) is 0 Å². The smallest absolute Gasteiger partial charge is 0.330 e. The van der Waals surface area contributed by atoms with E-state index >= 15 is 0 Å². The lowest BCUT2D eigenvalue weighted by Gasteiger charge is -2.45. The van der Waals surface area contributed by atoms with Crippen molar-refractivity contribution in [2.24, 2.45) is 17.8 Å². The zero-order chi connectivity index (χ0) is 29.2. The number of likely N-dealkylation sites (tertiary alicyclic amines) is 1. The Morgan fingerprint density at radius 2 is 1.41 bits per heavy atom. The number of amides is 3. The van der Waals surface area contributed by atoms with Crippen molar-refractivity contribution in [1.82, 2.24) is 4.90 Å². The van der Waals surface area contributed by atoms with Crippen LogP contribution in [0.2, 0.25) is 5.02 Å². The molecule has 1 saturated heterocycles. The molecule has 4 aliphatic rings. The van der Waals surface area contributed by atoms with Crippen LogP contribution in [0.1, 0.15) is 53.5 Å². The molecule has 3 aliphatic carbocycles. The summed E-state index contributed by atoms with van der Waals surface area (Å²) in [6.45, 7) is 4.77. The van der Waals surface area contributed by atoms with Crippen LogP contribution in [0.3, 0.4) is 0 Å². The van der Waals surface area contributed by atoms with Gasteiger partial charge in [0.2, 0.25) is 11.8 Å². The molecule has 41 heavy (non-hydrogen) atoms. The maximum absolute atomic E-state index is 14.1. The number of ether oxygens (including phenoxy) is 1. The van der Waals surface area contributed by atoms with Crippen LogP contribution in [-0.4, -0.2) is 41.2 Å². The number of carbonyl (C=O) groups excluding carboxylic acids is 4. The Morgan fingerprint density at radius 3 is 1.88 bits per heavy atom. The van der Waals surface area contributed by atoms with Crippen LogP contribution in [0.25, 0.3) is 0 Å². The molecule has 0 radical (unpaired) electrons. The number of anilines is 1. The summed E-state index contributed by atoms with van der Waals surface area (Å²) in [4.78, 5) is 55.4. The third kappa shape index (κ3) is 4.39. The highest BCUT2D eigenvalue weighted by molar-refractivity contribution is 9.10. The minimum Gasteiger partial charge on any atom is -0.454 e. The number of nitrogens with one attached hydrogen (secondary N) is 1. The Balaban J connectivity index is 1.25. The van der Waals surface area contributed by atoms with Gasteiger partial charge in [-0.1, -0.05) is 74.0 Å². The molecule has 9 heteroatoms. The normalized spacial score (nSPS) is 22.7. The van der Waals surface area contributed by atoms with Crippen LogP contribution in [0.4, 0.5) is 5.69 Å². The summed E-state index contributed by atoms with van der Waals surface area (Å²) in [6, 6.07) is 18.2. The Hall–Kier alpha value is -3.49. The van der Waals surface area contributed by atoms with E-state index in [4.69, 9.17) is 16.3 Å². The lowest BCUT2D eigenvalue weighted by Crippen LogP contribution is -2.49. The number of hydrogen-bond donors (Lipinski definition) is 1. The van der Waals surface area contributed by atoms with Crippen molar-refractivity contribution in [2.45, 2.75) is 38.6 Å². The predicted octanol–water partition coefficient (Wildman–Crippen LogP) is 5.81. The van der Waals surface area contributed by atoms with Gasteiger partial charge >= 0.3 is 5.97 Å². The summed E-state index contributed by atoms with van der Waals surface area (Å²) in [5.41, 5.74) is 5.50. The van der Waals surface area contributed by atoms with E-state index in [1.165, 1.54) is 0 Å². The van der Waals surface area contributed by atoms with Gasteiger partial charge < -0.3 is 10.1 Å². The van der Waals surface area contributed by atoms with Crippen LogP contribution in [0.15, 0.2) is 65.1 Å². The topological polar surface area (TPSA) is 92.8 Å². The van der Waals surface area contributed by atoms with Gasteiger partial charge in [0.1, 0.15) is 6.04 Å². The molecule has 3 amide bonds. The first-order valence-electron chi connectivity index (χ1n) is 13.6. The molecule has 3 aromatic carbocycles. The molecule has 7 rings (SSSR count). The minimum atomic E-state index is -1.15. The second kappa shape index (κ2) is 10.4. The molecule has 1 fully saturated rings. The summed E-state index contributed by atoms with van der Waals surface area (Å²) < 4.78 is 6.10. The van der Waals surface area contributed by atoms with Crippen molar-refractivity contribution in [2.75, 3.05) is 11.9 Å². The van der Waals surface area contributed by atoms with Crippen molar-refractivity contribution in [3.8, 4) is 0 Å². The van der Waals surface area contributed by atoms with E-state index in [-0.39, 0.29) is 23.7 Å². The van der Waals surface area contributed by atoms with Gasteiger partial charge in [0.15, 0.2) is 6.61 Å².